The fourth-order valence-electron chi connectivity index (χ4n) is 0. The summed E-state index contributed by atoms with van der Waals surface area (Å²) in [5.41, 5.74) is 0. The van der Waals surface area contributed by atoms with Crippen molar-refractivity contribution in [2.24, 2.45) is 0 Å². The maximum absolute atomic E-state index is 8.58. The molecule has 0 saturated heterocycles. The van der Waals surface area contributed by atoms with Crippen LogP contribution in [0.4, 0.5) is 0 Å². The Hall–Kier alpha value is 1.93. The second-order valence-corrected chi connectivity index (χ2v) is 1.03. The van der Waals surface area contributed by atoms with Crippen LogP contribution in [0.15, 0.2) is 0 Å². The normalized spacial score (nSPS) is 4.00. The van der Waals surface area contributed by atoms with Crippen LogP contribution in [0.1, 0.15) is 0 Å². The summed E-state index contributed by atoms with van der Waals surface area (Å²) in [5.74, 6) is 0. The van der Waals surface area contributed by atoms with Gasteiger partial charge in [-0.1, -0.05) is 0 Å². The van der Waals surface area contributed by atoms with Crippen LogP contribution in [-0.4, -0.2) is 58.8 Å². The van der Waals surface area contributed by atoms with Crippen molar-refractivity contribution in [3.05, 3.63) is 0 Å². The van der Waals surface area contributed by atoms with Gasteiger partial charge in [0.15, 0.2) is 9.88 Å². The van der Waals surface area contributed by atoms with Gasteiger partial charge in [0.05, 0.1) is 0 Å². The van der Waals surface area contributed by atoms with E-state index in [2.05, 4.69) is 0 Å². The second-order valence-electron chi connectivity index (χ2n) is 0.250. The average Bonchev–Trinajstić information content (AvgIpc) is 1.41. The molecule has 0 aromatic heterocycles. The van der Waals surface area contributed by atoms with Crippen LogP contribution in [0, 0.1) is 4.89 Å². The number of hydrogen-bond donors (Lipinski definition) is 0. The monoisotopic (exact) mass is 277 g/mol. The molecule has 0 fully saturated rings. The standard InChI is InChI=1S/Ba.HNSi.3O.Ti/c;1-2;;;;/h;2H;;;;/q+2;;;2*-1;. The van der Waals surface area contributed by atoms with E-state index in [0.717, 1.165) is 0 Å². The first kappa shape index (κ1) is 16.0. The minimum atomic E-state index is -4.08. The van der Waals surface area contributed by atoms with Crippen molar-refractivity contribution in [2.75, 3.05) is 0 Å². The summed E-state index contributed by atoms with van der Waals surface area (Å²) >= 11 is -4.08. The third kappa shape index (κ3) is 74.8. The predicted octanol–water partition coefficient (Wildman–Crippen LogP) is -3.51. The molecule has 0 aliphatic rings. The Kier molecular flexibility index (Phi) is 35.8. The molecule has 0 N–H and O–H groups in total. The van der Waals surface area contributed by atoms with Crippen molar-refractivity contribution in [1.29, 1.82) is 4.89 Å². The van der Waals surface area contributed by atoms with Gasteiger partial charge < -0.3 is 0 Å². The van der Waals surface area contributed by atoms with Crippen LogP contribution in [-0.2, 0) is 21.9 Å². The molecule has 0 radical (unpaired) electrons. The quantitative estimate of drug-likeness (QED) is 0.429. The Balaban J connectivity index is -0.0000000480. The Morgan fingerprint density at radius 3 is 1.43 bits per heavy atom. The van der Waals surface area contributed by atoms with Crippen LogP contribution in [0.3, 0.4) is 0 Å². The number of rotatable bonds is 0. The first-order chi connectivity index (χ1) is 2.73. The SMILES string of the molecule is N#[SiH].[Ba+2].[O]=[Ti]([O-])[O-]. The second kappa shape index (κ2) is 15.7. The van der Waals surface area contributed by atoms with Crippen LogP contribution in [0.2, 0.25) is 0 Å². The zero-order valence-electron chi connectivity index (χ0n) is 3.46. The van der Waals surface area contributed by atoms with Gasteiger partial charge in [-0.05, 0) is 0 Å². The zero-order chi connectivity index (χ0) is 5.58. The van der Waals surface area contributed by atoms with Crippen molar-refractivity contribution in [2.45, 2.75) is 0 Å². The average molecular weight is 276 g/mol. The molecule has 0 aromatic carbocycles. The van der Waals surface area contributed by atoms with Crippen LogP contribution in [0.5, 0.6) is 0 Å². The maximum atomic E-state index is 8.58. The van der Waals surface area contributed by atoms with E-state index in [0.29, 0.717) is 0 Å². The van der Waals surface area contributed by atoms with Crippen molar-refractivity contribution in [3.8, 4) is 0 Å². The van der Waals surface area contributed by atoms with Gasteiger partial charge >= 0.3 is 78.2 Å². The third-order valence-electron chi connectivity index (χ3n) is 0. The molecule has 0 unspecified atom stereocenters. The van der Waals surface area contributed by atoms with Crippen molar-refractivity contribution in [1.82, 2.24) is 0 Å². The van der Waals surface area contributed by atoms with E-state index in [1.54, 1.807) is 0 Å². The molecule has 0 heterocycles. The molecule has 34 valence electrons. The molecule has 0 aromatic rings. The van der Waals surface area contributed by atoms with E-state index in [1.165, 1.54) is 9.88 Å². The van der Waals surface area contributed by atoms with Gasteiger partial charge in [-0.15, -0.1) is 0 Å². The molecule has 0 bridgehead atoms. The van der Waals surface area contributed by atoms with E-state index < -0.39 is 18.6 Å². The van der Waals surface area contributed by atoms with Crippen LogP contribution < -0.4 is 7.38 Å². The van der Waals surface area contributed by atoms with Gasteiger partial charge in [0.25, 0.3) is 0 Å². The van der Waals surface area contributed by atoms with Gasteiger partial charge in [-0.2, -0.15) is 0 Å². The predicted molar refractivity (Wildman–Crippen MR) is 15.3 cm³/mol. The third-order valence-corrected chi connectivity index (χ3v) is 0. The van der Waals surface area contributed by atoms with Crippen molar-refractivity contribution >= 4 is 58.8 Å². The fraction of sp³-hybridized carbons (Fsp3) is 0. The number of hydrogen-bond acceptors (Lipinski definition) is 4. The van der Waals surface area contributed by atoms with Crippen LogP contribution >= 0.6 is 0 Å². The van der Waals surface area contributed by atoms with Gasteiger partial charge in [0.1, 0.15) is 0 Å². The molecule has 0 spiro atoms. The van der Waals surface area contributed by atoms with Gasteiger partial charge in [-0.25, -0.2) is 0 Å². The molecule has 0 rings (SSSR count). The van der Waals surface area contributed by atoms with E-state index in [-0.39, 0.29) is 48.9 Å². The molecular weight excluding hydrogens is 275 g/mol. The summed E-state index contributed by atoms with van der Waals surface area (Å²) in [4.78, 5) is 6.92. The summed E-state index contributed by atoms with van der Waals surface area (Å²) in [5, 5.41) is 0. The summed E-state index contributed by atoms with van der Waals surface area (Å²) < 4.78 is 25.8. The summed E-state index contributed by atoms with van der Waals surface area (Å²) in [6.45, 7) is 0. The van der Waals surface area contributed by atoms with E-state index >= 15 is 0 Å². The Morgan fingerprint density at radius 2 is 1.43 bits per heavy atom. The Labute approximate surface area is 91.1 Å². The van der Waals surface area contributed by atoms with Gasteiger partial charge in [0, 0.05) is 0 Å². The van der Waals surface area contributed by atoms with E-state index in [9.17, 15) is 0 Å². The molecule has 0 amide bonds. The van der Waals surface area contributed by atoms with Gasteiger partial charge in [-0.3, -0.25) is 4.89 Å². The molecule has 0 saturated carbocycles. The molecule has 0 aliphatic heterocycles. The first-order valence-corrected chi connectivity index (χ1v) is 3.30. The van der Waals surface area contributed by atoms with Crippen molar-refractivity contribution in [3.63, 3.8) is 0 Å². The van der Waals surface area contributed by atoms with E-state index in [1.807, 2.05) is 0 Å². The van der Waals surface area contributed by atoms with Gasteiger partial charge in [0.2, 0.25) is 0 Å². The summed E-state index contributed by atoms with van der Waals surface area (Å²) in [6.07, 6.45) is 0. The van der Waals surface area contributed by atoms with E-state index in [4.69, 9.17) is 15.6 Å². The minimum absolute atomic E-state index is 0. The Morgan fingerprint density at radius 1 is 1.43 bits per heavy atom. The molecule has 7 heavy (non-hydrogen) atoms. The van der Waals surface area contributed by atoms with Crippen molar-refractivity contribution < 1.29 is 29.3 Å². The molecule has 0 aliphatic carbocycles. The zero-order valence-corrected chi connectivity index (χ0v) is 10.6. The topological polar surface area (TPSA) is 87.0 Å². The summed E-state index contributed by atoms with van der Waals surface area (Å²) in [6, 6.07) is 0. The molecule has 7 heteroatoms. The molecule has 4 nitrogen and oxygen atoms in total. The fourth-order valence-corrected chi connectivity index (χ4v) is 0. The molecule has 0 atom stereocenters. The Bertz CT molecular complexity index is 59.2. The van der Waals surface area contributed by atoms with Crippen LogP contribution in [0.25, 0.3) is 0 Å². The number of nitrogens with zero attached hydrogens (tertiary/aromatic N) is 1. The summed E-state index contributed by atoms with van der Waals surface area (Å²) in [7, 11) is 1.42. The molecular formula is HBaNO3SiTi. The first-order valence-electron chi connectivity index (χ1n) is 0.871.